The van der Waals surface area contributed by atoms with E-state index in [9.17, 15) is 13.2 Å². The monoisotopic (exact) mass is 478 g/mol. The van der Waals surface area contributed by atoms with E-state index in [1.165, 1.54) is 54.9 Å². The van der Waals surface area contributed by atoms with Crippen molar-refractivity contribution in [1.29, 1.82) is 0 Å². The van der Waals surface area contributed by atoms with Gasteiger partial charge in [-0.05, 0) is 61.0 Å². The standard InChI is InChI=1S/C26H16.CHF3O3S/c1-2-7-18-16-19(13-12-17(18)6-1)20-14-15-25-22-9-4-3-8-21(22)24-11-5-10-23(20)26(24)25;2-1(3,4)8(5,6)7/h1-16H;(H,5,6,7). The Labute approximate surface area is 193 Å². The number of fused-ring (bicyclic) bond motifs is 4. The molecule has 0 saturated carbocycles. The van der Waals surface area contributed by atoms with Gasteiger partial charge in [-0.25, -0.2) is 0 Å². The molecule has 0 saturated heterocycles. The van der Waals surface area contributed by atoms with Crippen molar-refractivity contribution in [3.8, 4) is 33.4 Å². The van der Waals surface area contributed by atoms with Crippen molar-refractivity contribution >= 4 is 31.7 Å². The second kappa shape index (κ2) is 7.97. The molecule has 6 rings (SSSR count). The van der Waals surface area contributed by atoms with E-state index in [-0.39, 0.29) is 0 Å². The van der Waals surface area contributed by atoms with Crippen LogP contribution < -0.4 is 0 Å². The van der Waals surface area contributed by atoms with Crippen LogP contribution >= 0.6 is 0 Å². The molecule has 5 aromatic carbocycles. The van der Waals surface area contributed by atoms with E-state index in [0.29, 0.717) is 0 Å². The summed E-state index contributed by atoms with van der Waals surface area (Å²) < 4.78 is 57.5. The highest BCUT2D eigenvalue weighted by molar-refractivity contribution is 7.86. The first-order chi connectivity index (χ1) is 16.1. The van der Waals surface area contributed by atoms with Crippen LogP contribution in [0.3, 0.4) is 0 Å². The lowest BCUT2D eigenvalue weighted by Gasteiger charge is -2.10. The van der Waals surface area contributed by atoms with Gasteiger partial charge < -0.3 is 0 Å². The van der Waals surface area contributed by atoms with Crippen LogP contribution in [-0.2, 0) is 10.1 Å². The van der Waals surface area contributed by atoms with Gasteiger partial charge in [0, 0.05) is 0 Å². The first kappa shape index (κ1) is 22.1. The van der Waals surface area contributed by atoms with Gasteiger partial charge in [0.05, 0.1) is 0 Å². The summed E-state index contributed by atoms with van der Waals surface area (Å²) in [5.74, 6) is 0. The van der Waals surface area contributed by atoms with Gasteiger partial charge in [0.1, 0.15) is 0 Å². The van der Waals surface area contributed by atoms with E-state index < -0.39 is 15.6 Å². The molecule has 1 aliphatic rings. The highest BCUT2D eigenvalue weighted by Crippen LogP contribution is 2.49. The maximum absolute atomic E-state index is 10.7. The van der Waals surface area contributed by atoms with Gasteiger partial charge in [-0.1, -0.05) is 91.0 Å². The molecule has 7 heteroatoms. The molecular weight excluding hydrogens is 461 g/mol. The molecule has 170 valence electrons. The Morgan fingerprint density at radius 3 is 1.76 bits per heavy atom. The minimum Gasteiger partial charge on any atom is -0.279 e. The van der Waals surface area contributed by atoms with Crippen LogP contribution in [0.4, 0.5) is 13.2 Å². The average molecular weight is 478 g/mol. The smallest absolute Gasteiger partial charge is 0.279 e. The molecule has 0 radical (unpaired) electrons. The molecule has 0 spiro atoms. The van der Waals surface area contributed by atoms with Crippen molar-refractivity contribution < 1.29 is 26.1 Å². The molecule has 0 aromatic heterocycles. The van der Waals surface area contributed by atoms with Gasteiger partial charge in [0.25, 0.3) is 0 Å². The van der Waals surface area contributed by atoms with E-state index in [1.807, 2.05) is 0 Å². The van der Waals surface area contributed by atoms with Crippen LogP contribution in [0.1, 0.15) is 0 Å². The number of rotatable bonds is 1. The molecule has 3 nitrogen and oxygen atoms in total. The van der Waals surface area contributed by atoms with E-state index in [1.54, 1.807) is 0 Å². The molecule has 0 fully saturated rings. The molecular formula is C27H17F3O3S. The topological polar surface area (TPSA) is 54.4 Å². The van der Waals surface area contributed by atoms with Crippen LogP contribution in [0.15, 0.2) is 97.1 Å². The second-order valence-corrected chi connectivity index (χ2v) is 9.33. The highest BCUT2D eigenvalue weighted by Gasteiger charge is 2.44. The van der Waals surface area contributed by atoms with Crippen molar-refractivity contribution in [2.24, 2.45) is 0 Å². The van der Waals surface area contributed by atoms with Crippen LogP contribution in [0.5, 0.6) is 0 Å². The zero-order valence-corrected chi connectivity index (χ0v) is 18.4. The zero-order chi connectivity index (χ0) is 24.1. The lowest BCUT2D eigenvalue weighted by Crippen LogP contribution is -2.21. The molecule has 0 amide bonds. The zero-order valence-electron chi connectivity index (χ0n) is 17.5. The number of hydrogen-bond donors (Lipinski definition) is 1. The van der Waals surface area contributed by atoms with Crippen LogP contribution in [0.2, 0.25) is 0 Å². The normalized spacial score (nSPS) is 12.4. The van der Waals surface area contributed by atoms with E-state index in [2.05, 4.69) is 97.1 Å². The maximum atomic E-state index is 10.7. The van der Waals surface area contributed by atoms with Gasteiger partial charge in [0.15, 0.2) is 0 Å². The Kier molecular flexibility index (Phi) is 5.19. The Balaban J connectivity index is 0.000000262. The first-order valence-electron chi connectivity index (χ1n) is 10.3. The molecule has 5 aromatic rings. The summed E-state index contributed by atoms with van der Waals surface area (Å²) in [5, 5.41) is 5.30. The van der Waals surface area contributed by atoms with Gasteiger partial charge in [-0.3, -0.25) is 4.55 Å². The summed E-state index contributed by atoms with van der Waals surface area (Å²) in [4.78, 5) is 0. The fourth-order valence-corrected chi connectivity index (χ4v) is 4.42. The Morgan fingerprint density at radius 1 is 0.588 bits per heavy atom. The van der Waals surface area contributed by atoms with Crippen LogP contribution in [-0.4, -0.2) is 18.5 Å². The predicted molar refractivity (Wildman–Crippen MR) is 129 cm³/mol. The maximum Gasteiger partial charge on any atom is 0.522 e. The van der Waals surface area contributed by atoms with Crippen molar-refractivity contribution in [2.45, 2.75) is 5.51 Å². The van der Waals surface area contributed by atoms with E-state index in [4.69, 9.17) is 13.0 Å². The molecule has 34 heavy (non-hydrogen) atoms. The van der Waals surface area contributed by atoms with Gasteiger partial charge in [0.2, 0.25) is 0 Å². The fraction of sp³-hybridized carbons (Fsp3) is 0.0370. The minimum absolute atomic E-state index is 1.28. The number of hydrogen-bond acceptors (Lipinski definition) is 2. The molecule has 0 bridgehead atoms. The summed E-state index contributed by atoms with van der Waals surface area (Å²) in [7, 11) is -5.84. The highest BCUT2D eigenvalue weighted by atomic mass is 32.2. The van der Waals surface area contributed by atoms with Crippen LogP contribution in [0.25, 0.3) is 54.9 Å². The third kappa shape index (κ3) is 3.73. The van der Waals surface area contributed by atoms with Gasteiger partial charge >= 0.3 is 15.6 Å². The predicted octanol–water partition coefficient (Wildman–Crippen LogP) is 7.70. The summed E-state index contributed by atoms with van der Waals surface area (Å²) in [6, 6.07) is 35.4. The third-order valence-corrected chi connectivity index (χ3v) is 6.49. The SMILES string of the molecule is O=S(=O)(O)C(F)(F)F.c1ccc2c(c1)-c1cccc3c(-c4ccc5ccccc5c4)ccc-2c13. The summed E-state index contributed by atoms with van der Waals surface area (Å²) >= 11 is 0. The Bertz CT molecular complexity index is 1640. The molecule has 1 aliphatic carbocycles. The number of alkyl halides is 3. The van der Waals surface area contributed by atoms with Crippen molar-refractivity contribution in [3.63, 3.8) is 0 Å². The quantitative estimate of drug-likeness (QED) is 0.195. The van der Waals surface area contributed by atoms with E-state index >= 15 is 0 Å². The van der Waals surface area contributed by atoms with Gasteiger partial charge in [-0.15, -0.1) is 0 Å². The Morgan fingerprint density at radius 2 is 1.12 bits per heavy atom. The van der Waals surface area contributed by atoms with Crippen molar-refractivity contribution in [3.05, 3.63) is 97.1 Å². The third-order valence-electron chi connectivity index (χ3n) is 5.90. The molecule has 0 atom stereocenters. The number of benzene rings is 5. The van der Waals surface area contributed by atoms with Gasteiger partial charge in [-0.2, -0.15) is 21.6 Å². The van der Waals surface area contributed by atoms with Crippen LogP contribution in [0, 0.1) is 0 Å². The summed E-state index contributed by atoms with van der Waals surface area (Å²) in [6.45, 7) is 0. The fourth-order valence-electron chi connectivity index (χ4n) is 4.42. The molecule has 0 unspecified atom stereocenters. The molecule has 0 heterocycles. The lowest BCUT2D eigenvalue weighted by atomic mass is 9.93. The Hall–Kier alpha value is -3.68. The van der Waals surface area contributed by atoms with Crippen molar-refractivity contribution in [2.75, 3.05) is 0 Å². The number of halogens is 3. The molecule has 0 aliphatic heterocycles. The summed E-state index contributed by atoms with van der Waals surface area (Å²) in [5.41, 5.74) is 2.47. The average Bonchev–Trinajstić information content (AvgIpc) is 3.14. The summed E-state index contributed by atoms with van der Waals surface area (Å²) in [6.07, 6.45) is 0. The largest absolute Gasteiger partial charge is 0.522 e. The van der Waals surface area contributed by atoms with Crippen molar-refractivity contribution in [1.82, 2.24) is 0 Å². The molecule has 1 N–H and O–H groups in total. The van der Waals surface area contributed by atoms with E-state index in [0.717, 1.165) is 0 Å². The first-order valence-corrected chi connectivity index (χ1v) is 11.8. The minimum atomic E-state index is -5.84. The lowest BCUT2D eigenvalue weighted by molar-refractivity contribution is -0.0510. The second-order valence-electron chi connectivity index (χ2n) is 7.92.